The molecule has 0 radical (unpaired) electrons. The van der Waals surface area contributed by atoms with E-state index in [0.717, 1.165) is 0 Å². The Morgan fingerprint density at radius 1 is 1.29 bits per heavy atom. The van der Waals surface area contributed by atoms with Gasteiger partial charge in [0.05, 0.1) is 0 Å². The Morgan fingerprint density at radius 3 is 2.86 bits per heavy atom. The number of hydrogen-bond donors (Lipinski definition) is 0. The van der Waals surface area contributed by atoms with Gasteiger partial charge in [0.15, 0.2) is 0 Å². The molecule has 2 rings (SSSR count). The fourth-order valence-electron chi connectivity index (χ4n) is 2.20. The fraction of sp³-hybridized carbons (Fsp3) is 0.429. The molecule has 0 N–H and O–H groups in total. The first-order chi connectivity index (χ1) is 6.83. The second-order valence-electron chi connectivity index (χ2n) is 4.16. The van der Waals surface area contributed by atoms with Crippen molar-refractivity contribution in [1.29, 1.82) is 0 Å². The van der Waals surface area contributed by atoms with Gasteiger partial charge in [-0.2, -0.15) is 0 Å². The van der Waals surface area contributed by atoms with Crippen molar-refractivity contribution in [3.05, 3.63) is 41.5 Å². The van der Waals surface area contributed by atoms with Gasteiger partial charge in [-0.05, 0) is 41.9 Å². The zero-order chi connectivity index (χ0) is 9.97. The van der Waals surface area contributed by atoms with Crippen LogP contribution in [0, 0.1) is 5.92 Å². The molecule has 0 nitrogen and oxygen atoms in total. The molecule has 14 heavy (non-hydrogen) atoms. The molecule has 1 aromatic carbocycles. The van der Waals surface area contributed by atoms with E-state index >= 15 is 0 Å². The van der Waals surface area contributed by atoms with Crippen LogP contribution in [-0.4, -0.2) is 0 Å². The van der Waals surface area contributed by atoms with Gasteiger partial charge in [0.2, 0.25) is 0 Å². The maximum absolute atomic E-state index is 2.43. The van der Waals surface area contributed by atoms with E-state index < -0.39 is 0 Å². The molecular weight excluding hydrogens is 168 g/mol. The molecule has 0 aromatic heterocycles. The molecule has 0 fully saturated rings. The zero-order valence-corrected chi connectivity index (χ0v) is 9.09. The van der Waals surface area contributed by atoms with Crippen molar-refractivity contribution in [3.63, 3.8) is 0 Å². The van der Waals surface area contributed by atoms with E-state index in [1.807, 2.05) is 0 Å². The second-order valence-corrected chi connectivity index (χ2v) is 4.16. The summed E-state index contributed by atoms with van der Waals surface area (Å²) in [5, 5.41) is 0. The number of allylic oxidation sites excluding steroid dienone is 2. The van der Waals surface area contributed by atoms with Crippen molar-refractivity contribution in [2.24, 2.45) is 5.92 Å². The van der Waals surface area contributed by atoms with Gasteiger partial charge in [0, 0.05) is 0 Å². The van der Waals surface area contributed by atoms with Crippen molar-refractivity contribution in [2.75, 3.05) is 0 Å². The fourth-order valence-corrected chi connectivity index (χ4v) is 2.20. The smallest absolute Gasteiger partial charge is 0.0190 e. The molecule has 1 aliphatic rings. The van der Waals surface area contributed by atoms with Crippen LogP contribution in [0.2, 0.25) is 0 Å². The first-order valence-electron chi connectivity index (χ1n) is 5.61. The summed E-state index contributed by atoms with van der Waals surface area (Å²) < 4.78 is 0. The minimum atomic E-state index is 0.705. The monoisotopic (exact) mass is 186 g/mol. The van der Waals surface area contributed by atoms with Gasteiger partial charge in [0.25, 0.3) is 0 Å². The highest BCUT2D eigenvalue weighted by atomic mass is 14.2. The van der Waals surface area contributed by atoms with Crippen LogP contribution in [0.1, 0.15) is 37.8 Å². The van der Waals surface area contributed by atoms with Crippen molar-refractivity contribution in [3.8, 4) is 0 Å². The van der Waals surface area contributed by atoms with Gasteiger partial charge < -0.3 is 0 Å². The first-order valence-corrected chi connectivity index (χ1v) is 5.61. The molecule has 1 atom stereocenters. The molecule has 0 heterocycles. The van der Waals surface area contributed by atoms with Crippen molar-refractivity contribution < 1.29 is 0 Å². The molecule has 1 aromatic rings. The van der Waals surface area contributed by atoms with E-state index in [1.54, 1.807) is 5.57 Å². The average molecular weight is 186 g/mol. The van der Waals surface area contributed by atoms with Crippen molar-refractivity contribution >= 4 is 5.57 Å². The van der Waals surface area contributed by atoms with Gasteiger partial charge in [-0.3, -0.25) is 0 Å². The highest BCUT2D eigenvalue weighted by molar-refractivity contribution is 5.71. The second kappa shape index (κ2) is 4.00. The normalized spacial score (nSPS) is 17.1. The van der Waals surface area contributed by atoms with E-state index in [4.69, 9.17) is 0 Å². The lowest BCUT2D eigenvalue weighted by molar-refractivity contribution is 0.708. The Hall–Kier alpha value is -1.04. The molecule has 0 spiro atoms. The summed E-state index contributed by atoms with van der Waals surface area (Å²) in [6, 6.07) is 8.84. The summed E-state index contributed by atoms with van der Waals surface area (Å²) in [6.45, 7) is 4.59. The molecule has 0 saturated carbocycles. The summed E-state index contributed by atoms with van der Waals surface area (Å²) in [4.78, 5) is 0. The summed E-state index contributed by atoms with van der Waals surface area (Å²) in [7, 11) is 0. The molecule has 0 saturated heterocycles. The van der Waals surface area contributed by atoms with Crippen LogP contribution in [0.15, 0.2) is 30.3 Å². The van der Waals surface area contributed by atoms with E-state index in [-0.39, 0.29) is 0 Å². The van der Waals surface area contributed by atoms with Crippen LogP contribution in [0.4, 0.5) is 0 Å². The molecule has 0 amide bonds. The zero-order valence-electron chi connectivity index (χ0n) is 9.09. The highest BCUT2D eigenvalue weighted by Gasteiger charge is 2.15. The number of fused-ring (bicyclic) bond motifs is 1. The van der Waals surface area contributed by atoms with Crippen LogP contribution in [0.3, 0.4) is 0 Å². The quantitative estimate of drug-likeness (QED) is 0.653. The third-order valence-corrected chi connectivity index (χ3v) is 3.25. The molecular formula is C14H18. The van der Waals surface area contributed by atoms with Gasteiger partial charge in [-0.1, -0.05) is 44.2 Å². The van der Waals surface area contributed by atoms with Crippen molar-refractivity contribution in [1.82, 2.24) is 0 Å². The third-order valence-electron chi connectivity index (χ3n) is 3.25. The third kappa shape index (κ3) is 1.61. The number of rotatable bonds is 2. The Bertz CT molecular complexity index is 347. The molecule has 0 aliphatic heterocycles. The first kappa shape index (κ1) is 9.51. The maximum atomic E-state index is 2.43. The Labute approximate surface area is 86.7 Å². The highest BCUT2D eigenvalue weighted by Crippen LogP contribution is 2.32. The minimum absolute atomic E-state index is 0.705. The van der Waals surface area contributed by atoms with Crippen LogP contribution in [-0.2, 0) is 6.42 Å². The van der Waals surface area contributed by atoms with Gasteiger partial charge in [-0.25, -0.2) is 0 Å². The van der Waals surface area contributed by atoms with E-state index in [0.29, 0.717) is 5.92 Å². The predicted molar refractivity (Wildman–Crippen MR) is 62.2 cm³/mol. The molecule has 1 unspecified atom stereocenters. The summed E-state index contributed by atoms with van der Waals surface area (Å²) >= 11 is 0. The van der Waals surface area contributed by atoms with Crippen LogP contribution < -0.4 is 0 Å². The summed E-state index contributed by atoms with van der Waals surface area (Å²) in [5.41, 5.74) is 4.59. The standard InChI is InChI=1S/C14H18/c1-3-11(2)13-10-6-8-12-7-4-5-9-14(12)13/h4-5,7,9-11H,3,6,8H2,1-2H3. The largest absolute Gasteiger partial charge is 0.0801 e. The minimum Gasteiger partial charge on any atom is -0.0801 e. The van der Waals surface area contributed by atoms with Crippen LogP contribution >= 0.6 is 0 Å². The van der Waals surface area contributed by atoms with Crippen LogP contribution in [0.5, 0.6) is 0 Å². The lowest BCUT2D eigenvalue weighted by Crippen LogP contribution is -2.05. The number of hydrogen-bond acceptors (Lipinski definition) is 0. The SMILES string of the molecule is CCC(C)C1=CCCc2ccccc21. The molecule has 74 valence electrons. The Morgan fingerprint density at radius 2 is 2.07 bits per heavy atom. The number of benzene rings is 1. The molecule has 0 bridgehead atoms. The van der Waals surface area contributed by atoms with E-state index in [1.165, 1.54) is 30.4 Å². The van der Waals surface area contributed by atoms with Gasteiger partial charge in [0.1, 0.15) is 0 Å². The molecule has 0 heteroatoms. The average Bonchev–Trinajstić information content (AvgIpc) is 2.27. The summed E-state index contributed by atoms with van der Waals surface area (Å²) in [5.74, 6) is 0.705. The lowest BCUT2D eigenvalue weighted by Gasteiger charge is -2.21. The van der Waals surface area contributed by atoms with Gasteiger partial charge in [-0.15, -0.1) is 0 Å². The molecule has 1 aliphatic carbocycles. The lowest BCUT2D eigenvalue weighted by atomic mass is 9.83. The van der Waals surface area contributed by atoms with Crippen molar-refractivity contribution in [2.45, 2.75) is 33.1 Å². The summed E-state index contributed by atoms with van der Waals surface area (Å²) in [6.07, 6.45) is 6.10. The topological polar surface area (TPSA) is 0 Å². The maximum Gasteiger partial charge on any atom is -0.0190 e. The predicted octanol–water partition coefficient (Wildman–Crippen LogP) is 4.06. The van der Waals surface area contributed by atoms with E-state index in [9.17, 15) is 0 Å². The van der Waals surface area contributed by atoms with Gasteiger partial charge >= 0.3 is 0 Å². The number of aryl methyl sites for hydroxylation is 1. The Kier molecular flexibility index (Phi) is 2.72. The van der Waals surface area contributed by atoms with E-state index in [2.05, 4.69) is 44.2 Å². The van der Waals surface area contributed by atoms with Crippen LogP contribution in [0.25, 0.3) is 5.57 Å². The Balaban J connectivity index is 2.40.